The van der Waals surface area contributed by atoms with Crippen LogP contribution in [-0.4, -0.2) is 44.1 Å². The lowest BCUT2D eigenvalue weighted by Crippen LogP contribution is -2.42. The summed E-state index contributed by atoms with van der Waals surface area (Å²) >= 11 is 0. The summed E-state index contributed by atoms with van der Waals surface area (Å²) < 4.78 is 41.0. The molecule has 4 aromatic rings. The molecule has 0 aromatic carbocycles. The lowest BCUT2D eigenvalue weighted by atomic mass is 9.79. The van der Waals surface area contributed by atoms with Crippen LogP contribution in [-0.2, 0) is 0 Å². The zero-order valence-corrected chi connectivity index (χ0v) is 20.8. The molecule has 0 spiro atoms. The Morgan fingerprint density at radius 1 is 0.974 bits per heavy atom. The number of nitrogens with one attached hydrogen (secondary N) is 3. The number of nitrogens with zero attached hydrogens (tertiary/aromatic N) is 5. The maximum Gasteiger partial charge on any atom is 0.251 e. The molecular formula is C27H27F3N8. The molecule has 5 heterocycles. The van der Waals surface area contributed by atoms with Crippen LogP contribution >= 0.6 is 0 Å². The summed E-state index contributed by atoms with van der Waals surface area (Å²) in [5, 5.41) is 10.8. The van der Waals surface area contributed by atoms with Crippen LogP contribution in [0.2, 0.25) is 0 Å². The van der Waals surface area contributed by atoms with Gasteiger partial charge >= 0.3 is 0 Å². The number of anilines is 3. The highest BCUT2D eigenvalue weighted by Gasteiger charge is 2.27. The van der Waals surface area contributed by atoms with Gasteiger partial charge in [0.05, 0.1) is 11.7 Å². The number of hydrogen-bond donors (Lipinski definition) is 3. The Hall–Kier alpha value is -3.86. The van der Waals surface area contributed by atoms with Crippen LogP contribution in [0.5, 0.6) is 0 Å². The van der Waals surface area contributed by atoms with Crippen molar-refractivity contribution in [3.8, 4) is 11.4 Å². The van der Waals surface area contributed by atoms with E-state index in [1.54, 1.807) is 18.3 Å². The molecule has 0 radical (unpaired) electrons. The maximum absolute atomic E-state index is 14.2. The number of rotatable bonds is 6. The zero-order valence-electron chi connectivity index (χ0n) is 20.8. The van der Waals surface area contributed by atoms with Gasteiger partial charge in [0, 0.05) is 35.5 Å². The van der Waals surface area contributed by atoms with Crippen molar-refractivity contribution >= 4 is 28.4 Å². The summed E-state index contributed by atoms with van der Waals surface area (Å²) in [7, 11) is 0. The van der Waals surface area contributed by atoms with Gasteiger partial charge in [0.1, 0.15) is 11.6 Å². The number of halogens is 3. The number of pyridine rings is 3. The zero-order chi connectivity index (χ0) is 26.2. The molecule has 196 valence electrons. The van der Waals surface area contributed by atoms with Crippen molar-refractivity contribution in [3.05, 3.63) is 59.9 Å². The lowest BCUT2D eigenvalue weighted by molar-refractivity contribution is 0.368. The summed E-state index contributed by atoms with van der Waals surface area (Å²) in [5.41, 5.74) is 2.52. The highest BCUT2D eigenvalue weighted by atomic mass is 19.2. The average molecular weight is 521 g/mol. The van der Waals surface area contributed by atoms with E-state index in [-0.39, 0.29) is 11.9 Å². The second kappa shape index (κ2) is 10.1. The van der Waals surface area contributed by atoms with Crippen molar-refractivity contribution in [1.82, 2.24) is 30.2 Å². The molecule has 1 aliphatic heterocycles. The van der Waals surface area contributed by atoms with Gasteiger partial charge < -0.3 is 16.0 Å². The van der Waals surface area contributed by atoms with Gasteiger partial charge in [-0.15, -0.1) is 0 Å². The van der Waals surface area contributed by atoms with Crippen molar-refractivity contribution in [3.63, 3.8) is 0 Å². The highest BCUT2D eigenvalue weighted by molar-refractivity contribution is 5.93. The first-order valence-electron chi connectivity index (χ1n) is 12.8. The minimum Gasteiger partial charge on any atom is -0.366 e. The molecule has 6 rings (SSSR count). The van der Waals surface area contributed by atoms with Crippen LogP contribution in [0.15, 0.2) is 36.8 Å². The molecule has 3 N–H and O–H groups in total. The van der Waals surface area contributed by atoms with Gasteiger partial charge in [0.25, 0.3) is 5.95 Å². The Bertz CT molecular complexity index is 1490. The molecule has 2 atom stereocenters. The predicted octanol–water partition coefficient (Wildman–Crippen LogP) is 5.32. The van der Waals surface area contributed by atoms with Crippen LogP contribution in [0.1, 0.15) is 44.1 Å². The van der Waals surface area contributed by atoms with Crippen molar-refractivity contribution in [2.45, 2.75) is 44.6 Å². The summed E-state index contributed by atoms with van der Waals surface area (Å²) in [6.07, 6.45) is 9.62. The van der Waals surface area contributed by atoms with E-state index in [9.17, 15) is 13.2 Å². The monoisotopic (exact) mass is 520 g/mol. The number of fused-ring (bicyclic) bond motifs is 1. The normalized spacial score (nSPS) is 19.8. The number of aromatic nitrogens is 5. The minimum atomic E-state index is -1.40. The molecule has 1 saturated heterocycles. The first-order chi connectivity index (χ1) is 18.5. The molecular weight excluding hydrogens is 493 g/mol. The third-order valence-corrected chi connectivity index (χ3v) is 7.44. The topological polar surface area (TPSA) is 101 Å². The second-order valence-corrected chi connectivity index (χ2v) is 10.0. The summed E-state index contributed by atoms with van der Waals surface area (Å²) in [6, 6.07) is 4.04. The van der Waals surface area contributed by atoms with Gasteiger partial charge in [-0.25, -0.2) is 23.7 Å². The summed E-state index contributed by atoms with van der Waals surface area (Å²) in [4.78, 5) is 21.8. The van der Waals surface area contributed by atoms with E-state index in [0.717, 1.165) is 49.1 Å². The van der Waals surface area contributed by atoms with Crippen LogP contribution in [0.3, 0.4) is 0 Å². The van der Waals surface area contributed by atoms with E-state index in [2.05, 4.69) is 37.8 Å². The SMILES string of the molecule is C[C@@H]1CNCC[C@@H]1Nc1nc(-c2ccnc(Nc3nc(F)c(F)cc3F)c2)nc2cncc(C3CCC3)c12. The third-order valence-electron chi connectivity index (χ3n) is 7.44. The Labute approximate surface area is 217 Å². The van der Waals surface area contributed by atoms with Crippen LogP contribution < -0.4 is 16.0 Å². The molecule has 1 saturated carbocycles. The van der Waals surface area contributed by atoms with E-state index in [4.69, 9.17) is 9.97 Å². The second-order valence-electron chi connectivity index (χ2n) is 10.0. The van der Waals surface area contributed by atoms with Gasteiger partial charge in [-0.2, -0.15) is 9.37 Å². The summed E-state index contributed by atoms with van der Waals surface area (Å²) in [5.74, 6) is -2.00. The minimum absolute atomic E-state index is 0.187. The van der Waals surface area contributed by atoms with Crippen LogP contribution in [0, 0.1) is 23.5 Å². The van der Waals surface area contributed by atoms with Gasteiger partial charge in [0.2, 0.25) is 0 Å². The standard InChI is InChI=1S/C27H27F3N8/c1-14-11-31-7-6-20(14)34-27-23-17(15-3-2-4-15)12-32-13-21(23)35-25(38-27)16-5-8-33-22(9-16)36-26-19(29)10-18(28)24(30)37-26/h5,8-10,12-15,20,31H,2-4,6-7,11H2,1H3,(H,33,36,37)(H,34,35,38)/t14-,20+/m1/s1. The van der Waals surface area contributed by atoms with Crippen molar-refractivity contribution in [1.29, 1.82) is 0 Å². The van der Waals surface area contributed by atoms with Crippen molar-refractivity contribution < 1.29 is 13.2 Å². The van der Waals surface area contributed by atoms with Gasteiger partial charge in [-0.3, -0.25) is 4.98 Å². The first kappa shape index (κ1) is 24.5. The predicted molar refractivity (Wildman–Crippen MR) is 139 cm³/mol. The molecule has 0 bridgehead atoms. The fourth-order valence-electron chi connectivity index (χ4n) is 5.07. The lowest BCUT2D eigenvalue weighted by Gasteiger charge is -2.32. The van der Waals surface area contributed by atoms with E-state index in [1.165, 1.54) is 18.2 Å². The van der Waals surface area contributed by atoms with E-state index in [1.807, 2.05) is 6.20 Å². The molecule has 2 fully saturated rings. The molecule has 0 unspecified atom stereocenters. The molecule has 0 amide bonds. The van der Waals surface area contributed by atoms with Crippen LogP contribution in [0.4, 0.5) is 30.6 Å². The Morgan fingerprint density at radius 3 is 2.63 bits per heavy atom. The van der Waals surface area contributed by atoms with E-state index < -0.39 is 23.4 Å². The molecule has 1 aliphatic carbocycles. The molecule has 11 heteroatoms. The van der Waals surface area contributed by atoms with Crippen LogP contribution in [0.25, 0.3) is 22.3 Å². The fraction of sp³-hybridized carbons (Fsp3) is 0.370. The maximum atomic E-state index is 14.2. The van der Waals surface area contributed by atoms with E-state index >= 15 is 0 Å². The number of piperidine rings is 1. The van der Waals surface area contributed by atoms with Crippen molar-refractivity contribution in [2.75, 3.05) is 23.7 Å². The summed E-state index contributed by atoms with van der Waals surface area (Å²) in [6.45, 7) is 4.08. The average Bonchev–Trinajstić information content (AvgIpc) is 2.88. The number of hydrogen-bond acceptors (Lipinski definition) is 8. The first-order valence-corrected chi connectivity index (χ1v) is 12.8. The quantitative estimate of drug-likeness (QED) is 0.294. The highest BCUT2D eigenvalue weighted by Crippen LogP contribution is 2.41. The Morgan fingerprint density at radius 2 is 1.84 bits per heavy atom. The third kappa shape index (κ3) is 4.73. The van der Waals surface area contributed by atoms with Gasteiger partial charge in [-0.05, 0) is 61.9 Å². The Balaban J connectivity index is 1.40. The van der Waals surface area contributed by atoms with Crippen molar-refractivity contribution in [2.24, 2.45) is 5.92 Å². The largest absolute Gasteiger partial charge is 0.366 e. The fourth-order valence-corrected chi connectivity index (χ4v) is 5.07. The molecule has 4 aromatic heterocycles. The molecule has 38 heavy (non-hydrogen) atoms. The molecule has 8 nitrogen and oxygen atoms in total. The Kier molecular flexibility index (Phi) is 6.52. The smallest absolute Gasteiger partial charge is 0.251 e. The molecule has 2 aliphatic rings. The van der Waals surface area contributed by atoms with Gasteiger partial charge in [-0.1, -0.05) is 13.3 Å². The van der Waals surface area contributed by atoms with E-state index in [0.29, 0.717) is 29.3 Å². The van der Waals surface area contributed by atoms with Gasteiger partial charge in [0.15, 0.2) is 23.3 Å².